The second kappa shape index (κ2) is 6.95. The van der Waals surface area contributed by atoms with E-state index in [1.54, 1.807) is 0 Å². The first kappa shape index (κ1) is 16.8. The summed E-state index contributed by atoms with van der Waals surface area (Å²) in [6, 6.07) is 6.38. The molecule has 6 nitrogen and oxygen atoms in total. The maximum Gasteiger partial charge on any atom is 0.254 e. The fraction of sp³-hybridized carbons (Fsp3) is 0.471. The van der Waals surface area contributed by atoms with Crippen LogP contribution in [-0.2, 0) is 13.2 Å². The molecule has 1 fully saturated rings. The average molecular weight is 375 g/mol. The molecule has 3 aromatic rings. The van der Waals surface area contributed by atoms with Gasteiger partial charge in [-0.15, -0.1) is 16.4 Å². The Morgan fingerprint density at radius 3 is 2.64 bits per heavy atom. The van der Waals surface area contributed by atoms with Crippen LogP contribution >= 0.6 is 23.6 Å². The number of nitrogens with zero attached hydrogens (tertiary/aromatic N) is 6. The highest BCUT2D eigenvalue weighted by atomic mass is 32.1. The minimum Gasteiger partial charge on any atom is -0.296 e. The Bertz CT molecular complexity index is 919. The van der Waals surface area contributed by atoms with Crippen LogP contribution < -0.4 is 0 Å². The Morgan fingerprint density at radius 1 is 1.16 bits per heavy atom. The fourth-order valence-electron chi connectivity index (χ4n) is 3.33. The number of piperazine rings is 1. The van der Waals surface area contributed by atoms with Crippen molar-refractivity contribution in [2.24, 2.45) is 0 Å². The molecule has 1 aliphatic rings. The van der Waals surface area contributed by atoms with E-state index in [4.69, 9.17) is 12.2 Å². The standard InChI is InChI=1S/C17H22N6S2/c1-13-10-14(2)23-16(18-13)19-22(17(23)24)12-21-7-5-20(6-8-21)11-15-4-3-9-25-15/h3-4,9-10H,5-8,11-12H2,1-2H3. The second-order valence-corrected chi connectivity index (χ2v) is 7.97. The smallest absolute Gasteiger partial charge is 0.254 e. The van der Waals surface area contributed by atoms with Crippen LogP contribution in [0, 0.1) is 18.6 Å². The summed E-state index contributed by atoms with van der Waals surface area (Å²) in [5.74, 6) is 0.693. The molecule has 0 atom stereocenters. The summed E-state index contributed by atoms with van der Waals surface area (Å²) < 4.78 is 4.58. The number of hydrogen-bond donors (Lipinski definition) is 0. The maximum atomic E-state index is 5.61. The van der Waals surface area contributed by atoms with Gasteiger partial charge in [-0.3, -0.25) is 14.2 Å². The van der Waals surface area contributed by atoms with Gasteiger partial charge >= 0.3 is 0 Å². The van der Waals surface area contributed by atoms with E-state index in [0.717, 1.165) is 55.6 Å². The lowest BCUT2D eigenvalue weighted by atomic mass is 10.3. The Kier molecular flexibility index (Phi) is 4.68. The minimum atomic E-state index is 0.693. The quantitative estimate of drug-likeness (QED) is 0.657. The van der Waals surface area contributed by atoms with Crippen molar-refractivity contribution >= 4 is 29.3 Å². The van der Waals surface area contributed by atoms with Crippen molar-refractivity contribution in [2.75, 3.05) is 26.2 Å². The number of fused-ring (bicyclic) bond motifs is 1. The van der Waals surface area contributed by atoms with Crippen LogP contribution in [0.15, 0.2) is 23.6 Å². The van der Waals surface area contributed by atoms with Gasteiger partial charge in [0.1, 0.15) is 0 Å². The normalized spacial score (nSPS) is 16.7. The van der Waals surface area contributed by atoms with E-state index >= 15 is 0 Å². The lowest BCUT2D eigenvalue weighted by Gasteiger charge is -2.34. The zero-order valence-electron chi connectivity index (χ0n) is 14.6. The molecular formula is C17H22N6S2. The van der Waals surface area contributed by atoms with Crippen molar-refractivity contribution in [2.45, 2.75) is 27.1 Å². The number of thiophene rings is 1. The molecule has 1 saturated heterocycles. The molecule has 1 aliphatic heterocycles. The van der Waals surface area contributed by atoms with Gasteiger partial charge in [-0.1, -0.05) is 6.07 Å². The first-order valence-corrected chi connectivity index (χ1v) is 9.80. The molecule has 0 saturated carbocycles. The molecule has 25 heavy (non-hydrogen) atoms. The van der Waals surface area contributed by atoms with Gasteiger partial charge in [0.15, 0.2) is 0 Å². The van der Waals surface area contributed by atoms with E-state index in [1.807, 2.05) is 40.3 Å². The van der Waals surface area contributed by atoms with Gasteiger partial charge in [0.25, 0.3) is 5.78 Å². The van der Waals surface area contributed by atoms with Gasteiger partial charge in [-0.25, -0.2) is 9.67 Å². The lowest BCUT2D eigenvalue weighted by molar-refractivity contribution is 0.0989. The monoisotopic (exact) mass is 374 g/mol. The summed E-state index contributed by atoms with van der Waals surface area (Å²) in [4.78, 5) is 10.9. The molecule has 0 aromatic carbocycles. The van der Waals surface area contributed by atoms with Gasteiger partial charge in [0.2, 0.25) is 4.77 Å². The summed E-state index contributed by atoms with van der Waals surface area (Å²) in [6.45, 7) is 10.0. The number of hydrogen-bond acceptors (Lipinski definition) is 6. The molecular weight excluding hydrogens is 352 g/mol. The van der Waals surface area contributed by atoms with Crippen molar-refractivity contribution < 1.29 is 0 Å². The summed E-state index contributed by atoms with van der Waals surface area (Å²) in [7, 11) is 0. The molecule has 4 heterocycles. The van der Waals surface area contributed by atoms with E-state index in [-0.39, 0.29) is 0 Å². The minimum absolute atomic E-state index is 0.693. The molecule has 0 amide bonds. The zero-order valence-corrected chi connectivity index (χ0v) is 16.2. The van der Waals surface area contributed by atoms with Crippen LogP contribution in [0.5, 0.6) is 0 Å². The zero-order chi connectivity index (χ0) is 17.4. The molecule has 0 unspecified atom stereocenters. The second-order valence-electron chi connectivity index (χ2n) is 6.57. The first-order chi connectivity index (χ1) is 12.1. The van der Waals surface area contributed by atoms with Crippen LogP contribution in [0.25, 0.3) is 5.78 Å². The molecule has 4 rings (SSSR count). The fourth-order valence-corrected chi connectivity index (χ4v) is 4.40. The molecule has 0 bridgehead atoms. The summed E-state index contributed by atoms with van der Waals surface area (Å²) in [5, 5.41) is 6.77. The van der Waals surface area contributed by atoms with Gasteiger partial charge in [0, 0.05) is 49.0 Å². The van der Waals surface area contributed by atoms with Crippen LogP contribution in [0.3, 0.4) is 0 Å². The molecule has 0 radical (unpaired) electrons. The van der Waals surface area contributed by atoms with Crippen molar-refractivity contribution in [3.05, 3.63) is 44.6 Å². The van der Waals surface area contributed by atoms with E-state index in [9.17, 15) is 0 Å². The van der Waals surface area contributed by atoms with Crippen molar-refractivity contribution in [3.63, 3.8) is 0 Å². The summed E-state index contributed by atoms with van der Waals surface area (Å²) in [5.41, 5.74) is 2.05. The summed E-state index contributed by atoms with van der Waals surface area (Å²) in [6.07, 6.45) is 0. The highest BCUT2D eigenvalue weighted by Gasteiger charge is 2.19. The van der Waals surface area contributed by atoms with Crippen LogP contribution in [-0.4, -0.2) is 55.1 Å². The van der Waals surface area contributed by atoms with E-state index in [2.05, 4.69) is 37.4 Å². The van der Waals surface area contributed by atoms with E-state index < -0.39 is 0 Å². The largest absolute Gasteiger partial charge is 0.296 e. The average Bonchev–Trinajstić information content (AvgIpc) is 3.18. The topological polar surface area (TPSA) is 41.6 Å². The van der Waals surface area contributed by atoms with Crippen molar-refractivity contribution in [3.8, 4) is 0 Å². The number of rotatable bonds is 4. The van der Waals surface area contributed by atoms with Crippen molar-refractivity contribution in [1.29, 1.82) is 0 Å². The molecule has 8 heteroatoms. The molecule has 0 aliphatic carbocycles. The van der Waals surface area contributed by atoms with E-state index in [0.29, 0.717) is 5.78 Å². The number of aromatic nitrogens is 4. The van der Waals surface area contributed by atoms with Gasteiger partial charge < -0.3 is 0 Å². The van der Waals surface area contributed by atoms with E-state index in [1.165, 1.54) is 4.88 Å². The third-order valence-electron chi connectivity index (χ3n) is 4.63. The third-order valence-corrected chi connectivity index (χ3v) is 5.88. The van der Waals surface area contributed by atoms with Crippen molar-refractivity contribution in [1.82, 2.24) is 29.0 Å². The Balaban J connectivity index is 1.43. The number of aryl methyl sites for hydroxylation is 2. The third kappa shape index (κ3) is 3.52. The molecule has 132 valence electrons. The highest BCUT2D eigenvalue weighted by Crippen LogP contribution is 2.14. The Morgan fingerprint density at radius 2 is 1.92 bits per heavy atom. The molecule has 0 N–H and O–H groups in total. The predicted molar refractivity (Wildman–Crippen MR) is 102 cm³/mol. The Labute approximate surface area is 156 Å². The van der Waals surface area contributed by atoms with Gasteiger partial charge in [-0.2, -0.15) is 0 Å². The maximum absolute atomic E-state index is 5.61. The SMILES string of the molecule is Cc1cc(C)n2c(=S)n(CN3CCN(Cc4cccs4)CC3)nc2n1. The molecule has 3 aromatic heterocycles. The highest BCUT2D eigenvalue weighted by molar-refractivity contribution is 7.71. The van der Waals surface area contributed by atoms with Gasteiger partial charge in [-0.05, 0) is 43.6 Å². The van der Waals surface area contributed by atoms with Gasteiger partial charge in [0.05, 0.1) is 6.67 Å². The molecule has 0 spiro atoms. The van der Waals surface area contributed by atoms with Crippen LogP contribution in [0.1, 0.15) is 16.3 Å². The first-order valence-electron chi connectivity index (χ1n) is 8.51. The Hall–Kier alpha value is -1.61. The summed E-state index contributed by atoms with van der Waals surface area (Å²) >= 11 is 7.45. The van der Waals surface area contributed by atoms with Crippen LogP contribution in [0.4, 0.5) is 0 Å². The lowest BCUT2D eigenvalue weighted by Crippen LogP contribution is -2.46. The van der Waals surface area contributed by atoms with Crippen LogP contribution in [0.2, 0.25) is 0 Å². The predicted octanol–water partition coefficient (Wildman–Crippen LogP) is 2.71.